The second kappa shape index (κ2) is 7.69. The van der Waals surface area contributed by atoms with Gasteiger partial charge < -0.3 is 10.1 Å². The number of benzene rings is 1. The van der Waals surface area contributed by atoms with Gasteiger partial charge in [-0.15, -0.1) is 0 Å². The highest BCUT2D eigenvalue weighted by atomic mass is 127. The minimum atomic E-state index is 0.362. The van der Waals surface area contributed by atoms with E-state index < -0.39 is 0 Å². The summed E-state index contributed by atoms with van der Waals surface area (Å²) in [6.45, 7) is 3.37. The zero-order chi connectivity index (χ0) is 14.4. The highest BCUT2D eigenvalue weighted by Crippen LogP contribution is 2.20. The molecule has 0 bridgehead atoms. The van der Waals surface area contributed by atoms with Crippen LogP contribution in [0.4, 0.5) is 5.82 Å². The standard InChI is InChI=1S/C15H16ClIN2O/c1-2-8-18-15-7-6-13(16)14(19-15)10-20-12-5-3-4-11(17)9-12/h3-7,9H,2,8,10H2,1H3,(H,18,19). The largest absolute Gasteiger partial charge is 0.487 e. The van der Waals surface area contributed by atoms with Crippen molar-refractivity contribution in [2.24, 2.45) is 0 Å². The fraction of sp³-hybridized carbons (Fsp3) is 0.267. The molecule has 20 heavy (non-hydrogen) atoms. The Morgan fingerprint density at radius 3 is 2.90 bits per heavy atom. The van der Waals surface area contributed by atoms with E-state index in [1.165, 1.54) is 0 Å². The topological polar surface area (TPSA) is 34.1 Å². The minimum absolute atomic E-state index is 0.362. The van der Waals surface area contributed by atoms with Crippen LogP contribution in [0.2, 0.25) is 5.02 Å². The van der Waals surface area contributed by atoms with E-state index in [0.717, 1.165) is 33.8 Å². The van der Waals surface area contributed by atoms with Gasteiger partial charge in [-0.2, -0.15) is 0 Å². The Labute approximate surface area is 137 Å². The summed E-state index contributed by atoms with van der Waals surface area (Å²) in [5, 5.41) is 3.87. The molecule has 1 aromatic heterocycles. The van der Waals surface area contributed by atoms with Gasteiger partial charge in [0.1, 0.15) is 18.2 Å². The van der Waals surface area contributed by atoms with Crippen LogP contribution in [0.1, 0.15) is 19.0 Å². The first-order chi connectivity index (χ1) is 9.69. The second-order valence-corrected chi connectivity index (χ2v) is 5.95. The van der Waals surface area contributed by atoms with Crippen molar-refractivity contribution in [3.05, 3.63) is 50.7 Å². The van der Waals surface area contributed by atoms with E-state index >= 15 is 0 Å². The average molecular weight is 403 g/mol. The molecule has 1 aromatic carbocycles. The van der Waals surface area contributed by atoms with E-state index in [1.54, 1.807) is 0 Å². The van der Waals surface area contributed by atoms with Crippen LogP contribution in [-0.2, 0) is 6.61 Å². The first-order valence-corrected chi connectivity index (χ1v) is 7.92. The van der Waals surface area contributed by atoms with Crippen LogP contribution in [0.5, 0.6) is 5.75 Å². The van der Waals surface area contributed by atoms with Crippen molar-refractivity contribution in [1.29, 1.82) is 0 Å². The van der Waals surface area contributed by atoms with Gasteiger partial charge in [0.15, 0.2) is 0 Å². The van der Waals surface area contributed by atoms with E-state index in [2.05, 4.69) is 39.8 Å². The van der Waals surface area contributed by atoms with E-state index in [1.807, 2.05) is 36.4 Å². The summed E-state index contributed by atoms with van der Waals surface area (Å²) < 4.78 is 6.87. The fourth-order valence-corrected chi connectivity index (χ4v) is 2.32. The molecule has 0 saturated carbocycles. The molecule has 2 aromatic rings. The number of hydrogen-bond donors (Lipinski definition) is 1. The van der Waals surface area contributed by atoms with Crippen molar-refractivity contribution in [2.75, 3.05) is 11.9 Å². The molecule has 106 valence electrons. The Kier molecular flexibility index (Phi) is 5.91. The molecule has 3 nitrogen and oxygen atoms in total. The summed E-state index contributed by atoms with van der Waals surface area (Å²) in [7, 11) is 0. The maximum Gasteiger partial charge on any atom is 0.132 e. The Hall–Kier alpha value is -1.01. The summed E-state index contributed by atoms with van der Waals surface area (Å²) in [5.74, 6) is 1.65. The van der Waals surface area contributed by atoms with Crippen LogP contribution in [-0.4, -0.2) is 11.5 Å². The molecule has 0 aliphatic heterocycles. The summed E-state index contributed by atoms with van der Waals surface area (Å²) in [4.78, 5) is 4.48. The molecular formula is C15H16ClIN2O. The average Bonchev–Trinajstić information content (AvgIpc) is 2.45. The van der Waals surface area contributed by atoms with E-state index in [4.69, 9.17) is 16.3 Å². The predicted octanol–water partition coefficient (Wildman–Crippen LogP) is 4.74. The van der Waals surface area contributed by atoms with Crippen molar-refractivity contribution >= 4 is 40.0 Å². The van der Waals surface area contributed by atoms with Gasteiger partial charge in [-0.3, -0.25) is 0 Å². The number of hydrogen-bond acceptors (Lipinski definition) is 3. The lowest BCUT2D eigenvalue weighted by Crippen LogP contribution is -2.05. The second-order valence-electron chi connectivity index (χ2n) is 4.30. The monoisotopic (exact) mass is 402 g/mol. The van der Waals surface area contributed by atoms with Gasteiger partial charge in [-0.05, 0) is 59.3 Å². The van der Waals surface area contributed by atoms with Crippen LogP contribution >= 0.6 is 34.2 Å². The molecule has 0 atom stereocenters. The van der Waals surface area contributed by atoms with Gasteiger partial charge in [0.25, 0.3) is 0 Å². The molecule has 0 amide bonds. The van der Waals surface area contributed by atoms with E-state index in [9.17, 15) is 0 Å². The minimum Gasteiger partial charge on any atom is -0.487 e. The zero-order valence-corrected chi connectivity index (χ0v) is 14.1. The third-order valence-corrected chi connectivity index (χ3v) is 3.66. The van der Waals surface area contributed by atoms with Crippen molar-refractivity contribution in [2.45, 2.75) is 20.0 Å². The van der Waals surface area contributed by atoms with Crippen LogP contribution in [0, 0.1) is 3.57 Å². The number of aromatic nitrogens is 1. The molecule has 1 N–H and O–H groups in total. The van der Waals surface area contributed by atoms with Crippen molar-refractivity contribution in [3.63, 3.8) is 0 Å². The highest BCUT2D eigenvalue weighted by Gasteiger charge is 2.05. The molecule has 0 aliphatic carbocycles. The lowest BCUT2D eigenvalue weighted by molar-refractivity contribution is 0.301. The Morgan fingerprint density at radius 2 is 2.15 bits per heavy atom. The normalized spacial score (nSPS) is 10.3. The molecule has 0 spiro atoms. The third-order valence-electron chi connectivity index (χ3n) is 2.65. The van der Waals surface area contributed by atoms with Crippen molar-refractivity contribution < 1.29 is 4.74 Å². The molecule has 0 fully saturated rings. The number of rotatable bonds is 6. The molecule has 0 unspecified atom stereocenters. The van der Waals surface area contributed by atoms with Crippen molar-refractivity contribution in [3.8, 4) is 5.75 Å². The van der Waals surface area contributed by atoms with E-state index in [-0.39, 0.29) is 0 Å². The van der Waals surface area contributed by atoms with Crippen LogP contribution < -0.4 is 10.1 Å². The third kappa shape index (κ3) is 4.52. The summed E-state index contributed by atoms with van der Waals surface area (Å²) in [6, 6.07) is 11.6. The number of ether oxygens (including phenoxy) is 1. The lowest BCUT2D eigenvalue weighted by atomic mass is 10.3. The SMILES string of the molecule is CCCNc1ccc(Cl)c(COc2cccc(I)c2)n1. The van der Waals surface area contributed by atoms with Gasteiger partial charge in [0.05, 0.1) is 10.7 Å². The number of pyridine rings is 1. The fourth-order valence-electron chi connectivity index (χ4n) is 1.65. The quantitative estimate of drug-likeness (QED) is 0.709. The van der Waals surface area contributed by atoms with Gasteiger partial charge in [0, 0.05) is 10.1 Å². The molecule has 2 rings (SSSR count). The predicted molar refractivity (Wildman–Crippen MR) is 91.5 cm³/mol. The van der Waals surface area contributed by atoms with Gasteiger partial charge in [-0.1, -0.05) is 24.6 Å². The maximum atomic E-state index is 6.16. The van der Waals surface area contributed by atoms with Crippen LogP contribution in [0.25, 0.3) is 0 Å². The van der Waals surface area contributed by atoms with Crippen LogP contribution in [0.3, 0.4) is 0 Å². The Bertz CT molecular complexity index is 578. The smallest absolute Gasteiger partial charge is 0.132 e. The molecular weight excluding hydrogens is 387 g/mol. The summed E-state index contributed by atoms with van der Waals surface area (Å²) >= 11 is 8.41. The van der Waals surface area contributed by atoms with Crippen LogP contribution in [0.15, 0.2) is 36.4 Å². The van der Waals surface area contributed by atoms with Gasteiger partial charge in [0.2, 0.25) is 0 Å². The number of nitrogens with one attached hydrogen (secondary N) is 1. The Morgan fingerprint density at radius 1 is 1.30 bits per heavy atom. The maximum absolute atomic E-state index is 6.16. The lowest BCUT2D eigenvalue weighted by Gasteiger charge is -2.10. The number of anilines is 1. The highest BCUT2D eigenvalue weighted by molar-refractivity contribution is 14.1. The first kappa shape index (κ1) is 15.4. The molecule has 1 heterocycles. The number of nitrogens with zero attached hydrogens (tertiary/aromatic N) is 1. The van der Waals surface area contributed by atoms with E-state index in [0.29, 0.717) is 11.6 Å². The van der Waals surface area contributed by atoms with Gasteiger partial charge >= 0.3 is 0 Å². The molecule has 0 saturated heterocycles. The summed E-state index contributed by atoms with van der Waals surface area (Å²) in [6.07, 6.45) is 1.05. The number of halogens is 2. The van der Waals surface area contributed by atoms with Crippen molar-refractivity contribution in [1.82, 2.24) is 4.98 Å². The summed E-state index contributed by atoms with van der Waals surface area (Å²) in [5.41, 5.74) is 0.742. The first-order valence-electron chi connectivity index (χ1n) is 6.46. The Balaban J connectivity index is 2.04. The molecule has 5 heteroatoms. The van der Waals surface area contributed by atoms with Gasteiger partial charge in [-0.25, -0.2) is 4.98 Å². The zero-order valence-electron chi connectivity index (χ0n) is 11.2. The molecule has 0 aliphatic rings. The molecule has 0 radical (unpaired) electrons.